The van der Waals surface area contributed by atoms with E-state index in [9.17, 15) is 29.7 Å². The molecule has 4 aliphatic rings. The Bertz CT molecular complexity index is 1600. The first-order valence-corrected chi connectivity index (χ1v) is 26.7. The number of allylic oxidation sites excluding steroid dienone is 3. The van der Waals surface area contributed by atoms with Gasteiger partial charge in [0.25, 0.3) is 0 Å². The highest BCUT2D eigenvalue weighted by atomic mass is 28.4. The maximum absolute atomic E-state index is 14.8. The molecule has 3 heterocycles. The number of nitrogens with zero attached hydrogens (tertiary/aromatic N) is 1. The minimum Gasteiger partial charge on any atom is -0.456 e. The Morgan fingerprint density at radius 2 is 1.56 bits per heavy atom. The Morgan fingerprint density at radius 3 is 2.16 bits per heavy atom. The zero-order valence-corrected chi connectivity index (χ0v) is 42.2. The van der Waals surface area contributed by atoms with Crippen molar-refractivity contribution < 1.29 is 57.8 Å². The molecule has 1 unspecified atom stereocenters. The van der Waals surface area contributed by atoms with Crippen LogP contribution < -0.4 is 0 Å². The van der Waals surface area contributed by atoms with E-state index in [0.717, 1.165) is 17.6 Å². The van der Waals surface area contributed by atoms with Crippen LogP contribution in [0.2, 0.25) is 18.1 Å². The molecule has 15 atom stereocenters. The Hall–Kier alpha value is -1.85. The normalized spacial score (nSPS) is 40.3. The Labute approximate surface area is 380 Å². The number of hydrogen-bond donors (Lipinski definition) is 3. The van der Waals surface area contributed by atoms with Crippen molar-refractivity contribution >= 4 is 25.9 Å². The van der Waals surface area contributed by atoms with Gasteiger partial charge in [0.1, 0.15) is 24.0 Å². The second kappa shape index (κ2) is 22.8. The zero-order chi connectivity index (χ0) is 47.2. The smallest absolute Gasteiger partial charge is 0.324 e. The van der Waals surface area contributed by atoms with E-state index in [1.807, 2.05) is 27.7 Å². The maximum atomic E-state index is 14.8. The predicted octanol–water partition coefficient (Wildman–Crippen LogP) is 7.29. The standard InChI is InChI=1S/C49H85NO12Si/c1-15-35-23-29(2)22-30(3)24-41(58-11)44-42(59-12)26-32(5)49(56,61-44)45(53)46(54)50-21-17-16-18-36(50)47(55)60-43(31(4)25-34-19-20-37(51)40(27-34)57-10)33(6)39(28-38(35)52)62-63(13,14)48(7,8)9/h23,25,30,32-37,39-44,46,51,54,56H,15-22,24,26-28H2,1-14H3/b29-23+,31-25+/t30-,32+,33-,34?,35+,36-,37+,39-,40+,41-,42-,43+,44+,46-,49+/m0/s1. The number of carbonyl (C=O) groups is 3. The molecule has 3 fully saturated rings. The maximum Gasteiger partial charge on any atom is 0.324 e. The van der Waals surface area contributed by atoms with Gasteiger partial charge in [-0.25, -0.2) is 0 Å². The molecule has 63 heavy (non-hydrogen) atoms. The van der Waals surface area contributed by atoms with Gasteiger partial charge in [-0.05, 0) is 107 Å². The average Bonchev–Trinajstić information content (AvgIpc) is 3.23. The van der Waals surface area contributed by atoms with E-state index in [4.69, 9.17) is 28.1 Å². The van der Waals surface area contributed by atoms with Crippen molar-refractivity contribution in [1.29, 1.82) is 0 Å². The van der Waals surface area contributed by atoms with Crippen LogP contribution in [0.15, 0.2) is 23.3 Å². The van der Waals surface area contributed by atoms with Crippen molar-refractivity contribution in [3.05, 3.63) is 23.3 Å². The second-order valence-corrected chi connectivity index (χ2v) is 25.9. The largest absolute Gasteiger partial charge is 0.456 e. The molecule has 4 rings (SSSR count). The van der Waals surface area contributed by atoms with Gasteiger partial charge < -0.3 is 43.4 Å². The third-order valence-corrected chi connectivity index (χ3v) is 19.8. The third kappa shape index (κ3) is 13.0. The zero-order valence-electron chi connectivity index (χ0n) is 41.2. The lowest BCUT2D eigenvalue weighted by atomic mass is 9.81. The first-order valence-electron chi connectivity index (χ1n) is 23.8. The van der Waals surface area contributed by atoms with Crippen LogP contribution in [0.3, 0.4) is 0 Å². The lowest BCUT2D eigenvalue weighted by molar-refractivity contribution is -0.308. The lowest BCUT2D eigenvalue weighted by Crippen LogP contribution is -2.65. The van der Waals surface area contributed by atoms with Crippen molar-refractivity contribution in [3.63, 3.8) is 0 Å². The number of aliphatic hydroxyl groups is 3. The molecular weight excluding hydrogens is 823 g/mol. The number of carbonyl (C=O) groups excluding carboxylic acids is 3. The first kappa shape index (κ1) is 53.8. The van der Waals surface area contributed by atoms with E-state index in [1.165, 1.54) is 4.90 Å². The van der Waals surface area contributed by atoms with Gasteiger partial charge in [-0.3, -0.25) is 19.3 Å². The van der Waals surface area contributed by atoms with E-state index in [0.29, 0.717) is 51.4 Å². The highest BCUT2D eigenvalue weighted by Gasteiger charge is 2.56. The molecule has 362 valence electrons. The van der Waals surface area contributed by atoms with Gasteiger partial charge in [-0.2, -0.15) is 0 Å². The van der Waals surface area contributed by atoms with Gasteiger partial charge >= 0.3 is 5.97 Å². The van der Waals surface area contributed by atoms with Gasteiger partial charge in [0.15, 0.2) is 14.5 Å². The molecule has 13 nitrogen and oxygen atoms in total. The number of esters is 1. The summed E-state index contributed by atoms with van der Waals surface area (Å²) in [5, 5.41) is 34.7. The van der Waals surface area contributed by atoms with Gasteiger partial charge in [-0.1, -0.05) is 72.6 Å². The Balaban J connectivity index is 1.88. The third-order valence-electron chi connectivity index (χ3n) is 15.3. The highest BCUT2D eigenvalue weighted by molar-refractivity contribution is 6.74. The van der Waals surface area contributed by atoms with Crippen molar-refractivity contribution in [1.82, 2.24) is 4.90 Å². The van der Waals surface area contributed by atoms with Crippen LogP contribution >= 0.6 is 0 Å². The van der Waals surface area contributed by atoms with Crippen molar-refractivity contribution in [3.8, 4) is 0 Å². The number of cyclic esters (lactones) is 1. The predicted molar refractivity (Wildman–Crippen MR) is 245 cm³/mol. The number of piperidine rings is 1. The quantitative estimate of drug-likeness (QED) is 0.126. The minimum atomic E-state index is -2.51. The first-order chi connectivity index (χ1) is 29.4. The summed E-state index contributed by atoms with van der Waals surface area (Å²) in [6, 6.07) is -1.01. The molecule has 0 spiro atoms. The number of Topliss-reactive ketones (excluding diaryl/α,β-unsaturated/α-hetero) is 2. The van der Waals surface area contributed by atoms with E-state index >= 15 is 0 Å². The van der Waals surface area contributed by atoms with Crippen molar-refractivity contribution in [2.75, 3.05) is 27.9 Å². The van der Waals surface area contributed by atoms with Gasteiger partial charge in [0.05, 0.1) is 30.5 Å². The molecule has 0 aromatic carbocycles. The molecule has 0 radical (unpaired) electrons. The number of ether oxygens (including phenoxy) is 5. The van der Waals surface area contributed by atoms with Crippen molar-refractivity contribution in [2.24, 2.45) is 29.6 Å². The number of ketones is 2. The van der Waals surface area contributed by atoms with Gasteiger partial charge in [-0.15, -0.1) is 0 Å². The Morgan fingerprint density at radius 1 is 0.921 bits per heavy atom. The fourth-order valence-corrected chi connectivity index (χ4v) is 11.6. The van der Waals surface area contributed by atoms with Crippen LogP contribution in [-0.4, -0.2) is 135 Å². The molecule has 14 heteroatoms. The molecule has 1 saturated carbocycles. The molecule has 0 aromatic heterocycles. The average molecular weight is 908 g/mol. The number of methoxy groups -OCH3 is 3. The molecule has 2 saturated heterocycles. The summed E-state index contributed by atoms with van der Waals surface area (Å²) in [5.74, 6) is -5.38. The fraction of sp³-hybridized carbons (Fsp3) is 0.857. The van der Waals surface area contributed by atoms with E-state index < -0.39 is 86.6 Å². The minimum absolute atomic E-state index is 0.0406. The summed E-state index contributed by atoms with van der Waals surface area (Å²) in [7, 11) is 2.24. The number of hydrogen-bond acceptors (Lipinski definition) is 13. The Kier molecular flexibility index (Phi) is 19.4. The molecule has 0 amide bonds. The van der Waals surface area contributed by atoms with Crippen LogP contribution in [0, 0.1) is 29.6 Å². The topological polar surface area (TPSA) is 171 Å². The highest BCUT2D eigenvalue weighted by Crippen LogP contribution is 2.42. The fourth-order valence-electron chi connectivity index (χ4n) is 10.2. The van der Waals surface area contributed by atoms with Crippen molar-refractivity contribution in [2.45, 2.75) is 212 Å². The second-order valence-electron chi connectivity index (χ2n) is 21.2. The van der Waals surface area contributed by atoms with Gasteiger partial charge in [0.2, 0.25) is 11.6 Å². The molecule has 3 N–H and O–H groups in total. The van der Waals surface area contributed by atoms with Crippen LogP contribution in [0.25, 0.3) is 0 Å². The number of rotatable bonds is 8. The molecule has 3 aliphatic heterocycles. The molecule has 0 aromatic rings. The summed E-state index contributed by atoms with van der Waals surface area (Å²) in [6.07, 6.45) is 3.75. The summed E-state index contributed by atoms with van der Waals surface area (Å²) in [6.45, 7) is 22.9. The van der Waals surface area contributed by atoms with E-state index in [2.05, 4.69) is 52.9 Å². The van der Waals surface area contributed by atoms with Crippen LogP contribution in [0.4, 0.5) is 0 Å². The summed E-state index contributed by atoms with van der Waals surface area (Å²) < 4.78 is 37.8. The summed E-state index contributed by atoms with van der Waals surface area (Å²) in [4.78, 5) is 45.4. The van der Waals surface area contributed by atoms with Gasteiger partial charge in [0, 0.05) is 52.0 Å². The number of aliphatic hydroxyl groups excluding tert-OH is 2. The monoisotopic (exact) mass is 908 g/mol. The van der Waals surface area contributed by atoms with E-state index in [-0.39, 0.29) is 54.1 Å². The van der Waals surface area contributed by atoms with Crippen LogP contribution in [0.1, 0.15) is 133 Å². The molecule has 1 aliphatic carbocycles. The summed E-state index contributed by atoms with van der Waals surface area (Å²) >= 11 is 0. The molecular formula is C49H85NO12Si. The summed E-state index contributed by atoms with van der Waals surface area (Å²) in [5.41, 5.74) is 1.85. The number of fused-ring (bicyclic) bond motifs is 3. The van der Waals surface area contributed by atoms with E-state index in [1.54, 1.807) is 28.3 Å². The van der Waals surface area contributed by atoms with Crippen LogP contribution in [0.5, 0.6) is 0 Å². The van der Waals surface area contributed by atoms with Crippen LogP contribution in [-0.2, 0) is 42.5 Å². The lowest BCUT2D eigenvalue weighted by Gasteiger charge is -2.48. The SMILES string of the molecule is CC[C@@H]1/C=C(\C)C[C@H](C)C[C@H](OC)[C@H]2O[C@@](O)(C(=O)[C@H](O)N3CCCC[C@H]3C(=O)O[C@H](/C(C)=C/C3CC[C@@H](O)[C@H](OC)C3)[C@@H](C)[C@@H](O[Si](C)(C)C(C)(C)C)CC1=O)[C@H](C)C[C@@H]2OC. The molecule has 2 bridgehead atoms.